The van der Waals surface area contributed by atoms with Crippen LogP contribution in [0.5, 0.6) is 0 Å². The van der Waals surface area contributed by atoms with Gasteiger partial charge >= 0.3 is 0 Å². The first-order chi connectivity index (χ1) is 9.52. The molecule has 0 saturated carbocycles. The number of anilines is 2. The van der Waals surface area contributed by atoms with Crippen molar-refractivity contribution < 1.29 is 4.79 Å². The molecule has 0 unspecified atom stereocenters. The van der Waals surface area contributed by atoms with E-state index in [2.05, 4.69) is 15.9 Å². The summed E-state index contributed by atoms with van der Waals surface area (Å²) in [6.45, 7) is 4.57. The van der Waals surface area contributed by atoms with Crippen molar-refractivity contribution in [3.63, 3.8) is 0 Å². The number of nitrogens with two attached hydrogens (primary N) is 1. The first kappa shape index (κ1) is 14.6. The van der Waals surface area contributed by atoms with Crippen molar-refractivity contribution in [3.8, 4) is 0 Å². The molecular formula is C16H17BrN2O. The summed E-state index contributed by atoms with van der Waals surface area (Å²) in [4.78, 5) is 14.4. The Labute approximate surface area is 127 Å². The second kappa shape index (κ2) is 6.09. The van der Waals surface area contributed by atoms with E-state index in [0.717, 1.165) is 15.7 Å². The summed E-state index contributed by atoms with van der Waals surface area (Å²) < 4.78 is 0.807. The lowest BCUT2D eigenvalue weighted by molar-refractivity contribution is 0.0988. The lowest BCUT2D eigenvalue weighted by Gasteiger charge is -2.23. The Morgan fingerprint density at radius 2 is 1.95 bits per heavy atom. The maximum Gasteiger partial charge on any atom is 0.258 e. The summed E-state index contributed by atoms with van der Waals surface area (Å²) in [5.74, 6) is -0.0465. The molecule has 0 bridgehead atoms. The number of aryl methyl sites for hydroxylation is 1. The van der Waals surface area contributed by atoms with Gasteiger partial charge in [-0.05, 0) is 43.7 Å². The average molecular weight is 333 g/mol. The van der Waals surface area contributed by atoms with Gasteiger partial charge in [0.1, 0.15) is 0 Å². The van der Waals surface area contributed by atoms with Crippen LogP contribution in [0.1, 0.15) is 22.8 Å². The predicted octanol–water partition coefficient (Wildman–Crippen LogP) is 4.01. The molecule has 0 aliphatic rings. The van der Waals surface area contributed by atoms with Crippen molar-refractivity contribution in [1.82, 2.24) is 0 Å². The minimum Gasteiger partial charge on any atom is -0.399 e. The third-order valence-electron chi connectivity index (χ3n) is 3.13. The summed E-state index contributed by atoms with van der Waals surface area (Å²) in [6.07, 6.45) is 0. The number of hydrogen-bond donors (Lipinski definition) is 1. The third-order valence-corrected chi connectivity index (χ3v) is 3.59. The van der Waals surface area contributed by atoms with Crippen molar-refractivity contribution in [2.75, 3.05) is 17.2 Å². The number of para-hydroxylation sites is 1. The number of rotatable bonds is 3. The maximum absolute atomic E-state index is 12.7. The SMILES string of the molecule is CCN(C(=O)c1cc(N)cc(Br)c1)c1ccccc1C. The minimum absolute atomic E-state index is 0.0465. The highest BCUT2D eigenvalue weighted by atomic mass is 79.9. The van der Waals surface area contributed by atoms with Gasteiger partial charge in [0.2, 0.25) is 0 Å². The van der Waals surface area contributed by atoms with Crippen molar-refractivity contribution in [2.24, 2.45) is 0 Å². The fraction of sp³-hybridized carbons (Fsp3) is 0.188. The monoisotopic (exact) mass is 332 g/mol. The molecule has 1 amide bonds. The van der Waals surface area contributed by atoms with Gasteiger partial charge in [0.25, 0.3) is 5.91 Å². The molecule has 2 aromatic carbocycles. The van der Waals surface area contributed by atoms with Crippen molar-refractivity contribution in [1.29, 1.82) is 0 Å². The van der Waals surface area contributed by atoms with Crippen LogP contribution in [-0.4, -0.2) is 12.5 Å². The Kier molecular flexibility index (Phi) is 4.45. The predicted molar refractivity (Wildman–Crippen MR) is 87.1 cm³/mol. The summed E-state index contributed by atoms with van der Waals surface area (Å²) in [7, 11) is 0. The van der Waals surface area contributed by atoms with Crippen LogP contribution < -0.4 is 10.6 Å². The van der Waals surface area contributed by atoms with Gasteiger partial charge < -0.3 is 10.6 Å². The zero-order valence-corrected chi connectivity index (χ0v) is 13.1. The Balaban J connectivity index is 2.42. The van der Waals surface area contributed by atoms with Gasteiger partial charge in [0.05, 0.1) is 0 Å². The molecule has 3 nitrogen and oxygen atoms in total. The van der Waals surface area contributed by atoms with Gasteiger partial charge in [0.15, 0.2) is 0 Å². The lowest BCUT2D eigenvalue weighted by atomic mass is 10.1. The number of nitrogen functional groups attached to an aromatic ring is 1. The second-order valence-electron chi connectivity index (χ2n) is 4.61. The van der Waals surface area contributed by atoms with E-state index in [1.54, 1.807) is 23.1 Å². The molecule has 0 radical (unpaired) electrons. The van der Waals surface area contributed by atoms with Crippen LogP contribution in [0.3, 0.4) is 0 Å². The molecule has 4 heteroatoms. The normalized spacial score (nSPS) is 10.3. The van der Waals surface area contributed by atoms with E-state index < -0.39 is 0 Å². The largest absolute Gasteiger partial charge is 0.399 e. The summed E-state index contributed by atoms with van der Waals surface area (Å²) >= 11 is 3.37. The first-order valence-electron chi connectivity index (χ1n) is 6.46. The number of carbonyl (C=O) groups is 1. The summed E-state index contributed by atoms with van der Waals surface area (Å²) in [5, 5.41) is 0. The molecule has 0 atom stereocenters. The van der Waals surface area contributed by atoms with Gasteiger partial charge in [-0.15, -0.1) is 0 Å². The van der Waals surface area contributed by atoms with E-state index in [1.807, 2.05) is 38.1 Å². The van der Waals surface area contributed by atoms with Gasteiger partial charge in [-0.2, -0.15) is 0 Å². The quantitative estimate of drug-likeness (QED) is 0.863. The molecule has 2 rings (SSSR count). The van der Waals surface area contributed by atoms with Crippen LogP contribution in [-0.2, 0) is 0 Å². The number of benzene rings is 2. The summed E-state index contributed by atoms with van der Waals surface area (Å²) in [6, 6.07) is 13.1. The van der Waals surface area contributed by atoms with E-state index >= 15 is 0 Å². The standard InChI is InChI=1S/C16H17BrN2O/c1-3-19(15-7-5-4-6-11(15)2)16(20)12-8-13(17)10-14(18)9-12/h4-10H,3,18H2,1-2H3. The van der Waals surface area contributed by atoms with Crippen LogP contribution in [0, 0.1) is 6.92 Å². The molecule has 0 aliphatic carbocycles. The molecule has 0 fully saturated rings. The number of hydrogen-bond acceptors (Lipinski definition) is 2. The molecule has 20 heavy (non-hydrogen) atoms. The van der Waals surface area contributed by atoms with Crippen molar-refractivity contribution in [2.45, 2.75) is 13.8 Å². The Hall–Kier alpha value is -1.81. The molecule has 0 aliphatic heterocycles. The molecule has 0 heterocycles. The van der Waals surface area contributed by atoms with Gasteiger partial charge in [0, 0.05) is 28.0 Å². The van der Waals surface area contributed by atoms with Crippen LogP contribution in [0.15, 0.2) is 46.9 Å². The minimum atomic E-state index is -0.0465. The second-order valence-corrected chi connectivity index (χ2v) is 5.52. The lowest BCUT2D eigenvalue weighted by Crippen LogP contribution is -2.31. The van der Waals surface area contributed by atoms with Crippen molar-refractivity contribution in [3.05, 3.63) is 58.1 Å². The third kappa shape index (κ3) is 3.02. The highest BCUT2D eigenvalue weighted by Crippen LogP contribution is 2.24. The highest BCUT2D eigenvalue weighted by Gasteiger charge is 2.18. The smallest absolute Gasteiger partial charge is 0.258 e. The molecule has 2 N–H and O–H groups in total. The van der Waals surface area contributed by atoms with E-state index in [0.29, 0.717) is 17.8 Å². The Bertz CT molecular complexity index is 620. The molecule has 0 saturated heterocycles. The number of amides is 1. The van der Waals surface area contributed by atoms with E-state index in [1.165, 1.54) is 0 Å². The number of nitrogens with zero attached hydrogens (tertiary/aromatic N) is 1. The zero-order chi connectivity index (χ0) is 14.7. The molecule has 0 spiro atoms. The van der Waals surface area contributed by atoms with Gasteiger partial charge in [-0.1, -0.05) is 34.1 Å². The van der Waals surface area contributed by atoms with E-state index in [-0.39, 0.29) is 5.91 Å². The van der Waals surface area contributed by atoms with Gasteiger partial charge in [-0.3, -0.25) is 4.79 Å². The Morgan fingerprint density at radius 3 is 2.55 bits per heavy atom. The van der Waals surface area contributed by atoms with Gasteiger partial charge in [-0.25, -0.2) is 0 Å². The fourth-order valence-electron chi connectivity index (χ4n) is 2.18. The first-order valence-corrected chi connectivity index (χ1v) is 7.25. The van der Waals surface area contributed by atoms with Crippen LogP contribution in [0.2, 0.25) is 0 Å². The Morgan fingerprint density at radius 1 is 1.25 bits per heavy atom. The average Bonchev–Trinajstić information content (AvgIpc) is 2.40. The summed E-state index contributed by atoms with van der Waals surface area (Å²) in [5.41, 5.74) is 8.97. The topological polar surface area (TPSA) is 46.3 Å². The van der Waals surface area contributed by atoms with E-state index in [4.69, 9.17) is 5.73 Å². The number of carbonyl (C=O) groups excluding carboxylic acids is 1. The van der Waals surface area contributed by atoms with Crippen LogP contribution in [0.25, 0.3) is 0 Å². The molecule has 104 valence electrons. The highest BCUT2D eigenvalue weighted by molar-refractivity contribution is 9.10. The number of halogens is 1. The maximum atomic E-state index is 12.7. The molecular weight excluding hydrogens is 316 g/mol. The molecule has 0 aromatic heterocycles. The van der Waals surface area contributed by atoms with Crippen LogP contribution >= 0.6 is 15.9 Å². The fourth-order valence-corrected chi connectivity index (χ4v) is 2.69. The molecule has 2 aromatic rings. The van der Waals surface area contributed by atoms with Crippen molar-refractivity contribution >= 4 is 33.2 Å². The van der Waals surface area contributed by atoms with Crippen LogP contribution in [0.4, 0.5) is 11.4 Å². The van der Waals surface area contributed by atoms with E-state index in [9.17, 15) is 4.79 Å². The zero-order valence-electron chi connectivity index (χ0n) is 11.6.